The summed E-state index contributed by atoms with van der Waals surface area (Å²) in [5.41, 5.74) is -0.140. The Bertz CT molecular complexity index is 424. The Balaban J connectivity index is 2.12. The summed E-state index contributed by atoms with van der Waals surface area (Å²) >= 11 is 9.31. The minimum Gasteiger partial charge on any atom is -0.488 e. The van der Waals surface area contributed by atoms with E-state index in [2.05, 4.69) is 29.8 Å². The number of aliphatic hydroxyl groups is 1. The first-order valence-electron chi connectivity index (χ1n) is 5.77. The predicted octanol–water partition coefficient (Wildman–Crippen LogP) is 4.03. The molecule has 1 aliphatic rings. The molecule has 1 fully saturated rings. The van der Waals surface area contributed by atoms with E-state index in [9.17, 15) is 5.11 Å². The van der Waals surface area contributed by atoms with E-state index in [-0.39, 0.29) is 17.6 Å². The molecule has 1 aromatic rings. The summed E-state index contributed by atoms with van der Waals surface area (Å²) in [6.07, 6.45) is 1.41. The maximum absolute atomic E-state index is 9.82. The van der Waals surface area contributed by atoms with Crippen LogP contribution < -0.4 is 4.74 Å². The summed E-state index contributed by atoms with van der Waals surface area (Å²) in [5, 5.41) is 10.5. The summed E-state index contributed by atoms with van der Waals surface area (Å²) in [7, 11) is 0. The van der Waals surface area contributed by atoms with Crippen molar-refractivity contribution in [3.8, 4) is 5.75 Å². The second kappa shape index (κ2) is 4.79. The zero-order chi connectivity index (χ0) is 12.6. The molecule has 3 unspecified atom stereocenters. The van der Waals surface area contributed by atoms with Crippen LogP contribution >= 0.6 is 27.5 Å². The number of hydrogen-bond acceptors (Lipinski definition) is 2. The first kappa shape index (κ1) is 13.2. The second-order valence-corrected chi connectivity index (χ2v) is 6.08. The molecule has 0 aromatic heterocycles. The van der Waals surface area contributed by atoms with E-state index < -0.39 is 0 Å². The number of ether oxygens (including phenoxy) is 1. The van der Waals surface area contributed by atoms with Gasteiger partial charge in [-0.15, -0.1) is 0 Å². The summed E-state index contributed by atoms with van der Waals surface area (Å²) in [4.78, 5) is 0. The van der Waals surface area contributed by atoms with Crippen molar-refractivity contribution in [3.63, 3.8) is 0 Å². The molecule has 2 rings (SSSR count). The van der Waals surface area contributed by atoms with Crippen molar-refractivity contribution >= 4 is 27.5 Å². The highest BCUT2D eigenvalue weighted by molar-refractivity contribution is 9.10. The minimum atomic E-state index is -0.261. The van der Waals surface area contributed by atoms with Crippen LogP contribution in [0.4, 0.5) is 0 Å². The summed E-state index contributed by atoms with van der Waals surface area (Å²) in [5.74, 6) is 0.783. The fourth-order valence-corrected chi connectivity index (χ4v) is 2.94. The number of halogens is 2. The van der Waals surface area contributed by atoms with Crippen LogP contribution in [0, 0.1) is 5.41 Å². The summed E-state index contributed by atoms with van der Waals surface area (Å²) in [6.45, 7) is 4.14. The lowest BCUT2D eigenvalue weighted by molar-refractivity contribution is -0.147. The highest BCUT2D eigenvalue weighted by atomic mass is 79.9. The molecule has 1 N–H and O–H groups in total. The van der Waals surface area contributed by atoms with Gasteiger partial charge in [-0.2, -0.15) is 0 Å². The van der Waals surface area contributed by atoms with Gasteiger partial charge in [0.2, 0.25) is 0 Å². The average Bonchev–Trinajstić information content (AvgIpc) is 2.30. The van der Waals surface area contributed by atoms with Gasteiger partial charge >= 0.3 is 0 Å². The van der Waals surface area contributed by atoms with Crippen molar-refractivity contribution in [2.45, 2.75) is 38.9 Å². The fraction of sp³-hybridized carbons (Fsp3) is 0.538. The normalized spacial score (nSPS) is 32.1. The molecule has 0 bridgehead atoms. The lowest BCUT2D eigenvalue weighted by Gasteiger charge is -2.50. The third kappa shape index (κ3) is 2.33. The Morgan fingerprint density at radius 3 is 2.82 bits per heavy atom. The van der Waals surface area contributed by atoms with Gasteiger partial charge in [-0.3, -0.25) is 0 Å². The van der Waals surface area contributed by atoms with Gasteiger partial charge in [0.05, 0.1) is 10.6 Å². The van der Waals surface area contributed by atoms with Crippen molar-refractivity contribution in [2.24, 2.45) is 5.41 Å². The zero-order valence-electron chi connectivity index (χ0n) is 9.91. The van der Waals surface area contributed by atoms with E-state index in [0.29, 0.717) is 11.4 Å². The molecule has 0 radical (unpaired) electrons. The quantitative estimate of drug-likeness (QED) is 0.911. The van der Waals surface area contributed by atoms with Crippen LogP contribution in [0.1, 0.15) is 26.7 Å². The molecule has 1 aliphatic carbocycles. The fourth-order valence-electron chi connectivity index (χ4n) is 2.17. The Kier molecular flexibility index (Phi) is 3.71. The Morgan fingerprint density at radius 2 is 2.29 bits per heavy atom. The molecule has 4 heteroatoms. The van der Waals surface area contributed by atoms with E-state index in [1.54, 1.807) is 6.07 Å². The summed E-state index contributed by atoms with van der Waals surface area (Å²) in [6, 6.07) is 5.47. The number of rotatable bonds is 3. The molecule has 0 saturated heterocycles. The standard InChI is InChI=1S/C13H16BrClO2/c1-3-13(2)11(16)7-12(13)17-10-5-4-8(15)6-9(10)14/h4-6,11-12,16H,3,7H2,1-2H3. The van der Waals surface area contributed by atoms with E-state index >= 15 is 0 Å². The lowest BCUT2D eigenvalue weighted by Crippen LogP contribution is -2.57. The van der Waals surface area contributed by atoms with Gasteiger partial charge in [-0.1, -0.05) is 25.4 Å². The predicted molar refractivity (Wildman–Crippen MR) is 72.6 cm³/mol. The molecule has 0 heterocycles. The van der Waals surface area contributed by atoms with Crippen LogP contribution in [0.2, 0.25) is 5.02 Å². The van der Waals surface area contributed by atoms with Gasteiger partial charge in [0.1, 0.15) is 11.9 Å². The average molecular weight is 320 g/mol. The van der Waals surface area contributed by atoms with Gasteiger partial charge in [0.15, 0.2) is 0 Å². The third-order valence-electron chi connectivity index (χ3n) is 3.86. The van der Waals surface area contributed by atoms with Crippen LogP contribution in [-0.2, 0) is 0 Å². The summed E-state index contributed by atoms with van der Waals surface area (Å²) < 4.78 is 6.80. The van der Waals surface area contributed by atoms with Gasteiger partial charge in [-0.05, 0) is 40.5 Å². The van der Waals surface area contributed by atoms with Gasteiger partial charge in [-0.25, -0.2) is 0 Å². The molecule has 0 aliphatic heterocycles. The molecular weight excluding hydrogens is 303 g/mol. The van der Waals surface area contributed by atoms with Crippen LogP contribution in [0.15, 0.2) is 22.7 Å². The number of hydrogen-bond donors (Lipinski definition) is 1. The van der Waals surface area contributed by atoms with Gasteiger partial charge < -0.3 is 9.84 Å². The molecular formula is C13H16BrClO2. The Morgan fingerprint density at radius 1 is 1.59 bits per heavy atom. The van der Waals surface area contributed by atoms with E-state index in [1.807, 2.05) is 12.1 Å². The van der Waals surface area contributed by atoms with E-state index in [0.717, 1.165) is 16.6 Å². The van der Waals surface area contributed by atoms with Gasteiger partial charge in [0.25, 0.3) is 0 Å². The van der Waals surface area contributed by atoms with E-state index in [4.69, 9.17) is 16.3 Å². The molecule has 0 amide bonds. The first-order chi connectivity index (χ1) is 7.97. The van der Waals surface area contributed by atoms with Crippen LogP contribution in [0.3, 0.4) is 0 Å². The molecule has 1 aromatic carbocycles. The SMILES string of the molecule is CCC1(C)C(O)CC1Oc1ccc(Cl)cc1Br. The van der Waals surface area contributed by atoms with Crippen LogP contribution in [-0.4, -0.2) is 17.3 Å². The molecule has 17 heavy (non-hydrogen) atoms. The minimum absolute atomic E-state index is 0.0694. The highest BCUT2D eigenvalue weighted by Crippen LogP contribution is 2.46. The maximum Gasteiger partial charge on any atom is 0.134 e. The molecule has 94 valence electrons. The smallest absolute Gasteiger partial charge is 0.134 e. The van der Waals surface area contributed by atoms with Crippen molar-refractivity contribution in [3.05, 3.63) is 27.7 Å². The Labute approximate surface area is 115 Å². The highest BCUT2D eigenvalue weighted by Gasteiger charge is 2.51. The monoisotopic (exact) mass is 318 g/mol. The van der Waals surface area contributed by atoms with Crippen molar-refractivity contribution < 1.29 is 9.84 Å². The topological polar surface area (TPSA) is 29.5 Å². The van der Waals surface area contributed by atoms with Gasteiger partial charge in [0, 0.05) is 16.9 Å². The zero-order valence-corrected chi connectivity index (χ0v) is 12.3. The number of benzene rings is 1. The Hall–Kier alpha value is -0.250. The largest absolute Gasteiger partial charge is 0.488 e. The second-order valence-electron chi connectivity index (χ2n) is 4.79. The molecule has 2 nitrogen and oxygen atoms in total. The first-order valence-corrected chi connectivity index (χ1v) is 6.94. The van der Waals surface area contributed by atoms with E-state index in [1.165, 1.54) is 0 Å². The molecule has 1 saturated carbocycles. The lowest BCUT2D eigenvalue weighted by atomic mass is 9.63. The van der Waals surface area contributed by atoms with Crippen molar-refractivity contribution in [2.75, 3.05) is 0 Å². The van der Waals surface area contributed by atoms with Crippen molar-refractivity contribution in [1.29, 1.82) is 0 Å². The van der Waals surface area contributed by atoms with Crippen LogP contribution in [0.5, 0.6) is 5.75 Å². The molecule has 3 atom stereocenters. The van der Waals surface area contributed by atoms with Crippen LogP contribution in [0.25, 0.3) is 0 Å². The number of aliphatic hydroxyl groups excluding tert-OH is 1. The van der Waals surface area contributed by atoms with Crippen molar-refractivity contribution in [1.82, 2.24) is 0 Å². The molecule has 0 spiro atoms. The third-order valence-corrected chi connectivity index (χ3v) is 4.71. The maximum atomic E-state index is 9.82.